The zero-order chi connectivity index (χ0) is 17.2. The van der Waals surface area contributed by atoms with E-state index in [2.05, 4.69) is 37.2 Å². The van der Waals surface area contributed by atoms with Gasteiger partial charge in [0.1, 0.15) is 5.75 Å². The van der Waals surface area contributed by atoms with Gasteiger partial charge in [-0.15, -0.1) is 0 Å². The van der Waals surface area contributed by atoms with Crippen molar-refractivity contribution in [2.75, 3.05) is 27.7 Å². The first-order chi connectivity index (χ1) is 11.5. The number of methoxy groups -OCH3 is 1. The standard InChI is InChI=1S/C21H33NO2/c1-22(2)15-19-12-11-18(21(19,23)17-8-4-5-9-17)13-16-7-6-10-20(14-16)24-3/h6-7,10,14,17-19,23H,4-5,8-9,11-13,15H2,1-3H3. The van der Waals surface area contributed by atoms with Crippen LogP contribution in [0.4, 0.5) is 0 Å². The SMILES string of the molecule is COc1cccc(CC2CCC(CN(C)C)C2(O)C2CCCC2)c1. The molecule has 0 radical (unpaired) electrons. The lowest BCUT2D eigenvalue weighted by atomic mass is 9.71. The van der Waals surface area contributed by atoms with E-state index < -0.39 is 5.60 Å². The van der Waals surface area contributed by atoms with Crippen LogP contribution >= 0.6 is 0 Å². The largest absolute Gasteiger partial charge is 0.497 e. The highest BCUT2D eigenvalue weighted by Crippen LogP contribution is 2.51. The molecule has 2 aliphatic rings. The predicted octanol–water partition coefficient (Wildman–Crippen LogP) is 3.75. The highest BCUT2D eigenvalue weighted by Gasteiger charge is 2.53. The van der Waals surface area contributed by atoms with Gasteiger partial charge in [-0.05, 0) is 75.7 Å². The Morgan fingerprint density at radius 2 is 1.83 bits per heavy atom. The van der Waals surface area contributed by atoms with Crippen molar-refractivity contribution >= 4 is 0 Å². The molecular weight excluding hydrogens is 298 g/mol. The maximum absolute atomic E-state index is 11.9. The Kier molecular flexibility index (Phi) is 5.51. The van der Waals surface area contributed by atoms with E-state index in [1.165, 1.54) is 31.2 Å². The topological polar surface area (TPSA) is 32.7 Å². The van der Waals surface area contributed by atoms with E-state index in [-0.39, 0.29) is 0 Å². The van der Waals surface area contributed by atoms with Crippen molar-refractivity contribution in [2.24, 2.45) is 17.8 Å². The third kappa shape index (κ3) is 3.48. The molecular formula is C21H33NO2. The molecule has 3 nitrogen and oxygen atoms in total. The van der Waals surface area contributed by atoms with Crippen LogP contribution in [0, 0.1) is 17.8 Å². The molecule has 0 spiro atoms. The fourth-order valence-electron chi connectivity index (χ4n) is 5.28. The highest BCUT2D eigenvalue weighted by molar-refractivity contribution is 5.29. The monoisotopic (exact) mass is 331 g/mol. The average molecular weight is 332 g/mol. The maximum atomic E-state index is 11.9. The molecule has 3 unspecified atom stereocenters. The summed E-state index contributed by atoms with van der Waals surface area (Å²) in [6.07, 6.45) is 8.24. The fraction of sp³-hybridized carbons (Fsp3) is 0.714. The van der Waals surface area contributed by atoms with Crippen LogP contribution in [0.15, 0.2) is 24.3 Å². The molecule has 134 valence electrons. The number of hydrogen-bond acceptors (Lipinski definition) is 3. The molecule has 1 aromatic rings. The summed E-state index contributed by atoms with van der Waals surface area (Å²) in [5.74, 6) is 2.18. The molecule has 3 heteroatoms. The Morgan fingerprint density at radius 3 is 2.50 bits per heavy atom. The van der Waals surface area contributed by atoms with E-state index in [0.717, 1.165) is 31.6 Å². The van der Waals surface area contributed by atoms with E-state index in [1.54, 1.807) is 7.11 Å². The molecule has 3 atom stereocenters. The van der Waals surface area contributed by atoms with Crippen LogP contribution in [0.1, 0.15) is 44.1 Å². The minimum Gasteiger partial charge on any atom is -0.497 e. The molecule has 0 amide bonds. The van der Waals surface area contributed by atoms with Crippen molar-refractivity contribution in [3.63, 3.8) is 0 Å². The zero-order valence-corrected chi connectivity index (χ0v) is 15.5. The van der Waals surface area contributed by atoms with Crippen LogP contribution in [0.2, 0.25) is 0 Å². The van der Waals surface area contributed by atoms with Crippen molar-refractivity contribution in [2.45, 2.75) is 50.5 Å². The Morgan fingerprint density at radius 1 is 1.12 bits per heavy atom. The maximum Gasteiger partial charge on any atom is 0.119 e. The lowest BCUT2D eigenvalue weighted by Gasteiger charge is -2.42. The second kappa shape index (κ2) is 7.45. The summed E-state index contributed by atoms with van der Waals surface area (Å²) in [4.78, 5) is 2.25. The number of hydrogen-bond donors (Lipinski definition) is 1. The molecule has 0 heterocycles. The van der Waals surface area contributed by atoms with E-state index in [9.17, 15) is 5.11 Å². The number of aliphatic hydroxyl groups is 1. The number of nitrogens with zero attached hydrogens (tertiary/aromatic N) is 1. The van der Waals surface area contributed by atoms with Crippen molar-refractivity contribution in [3.8, 4) is 5.75 Å². The van der Waals surface area contributed by atoms with Gasteiger partial charge in [0.25, 0.3) is 0 Å². The van der Waals surface area contributed by atoms with Gasteiger partial charge in [0, 0.05) is 12.5 Å². The summed E-state index contributed by atoms with van der Waals surface area (Å²) in [6, 6.07) is 8.37. The van der Waals surface area contributed by atoms with Gasteiger partial charge in [0.2, 0.25) is 0 Å². The minimum atomic E-state index is -0.496. The van der Waals surface area contributed by atoms with Crippen LogP contribution in [-0.2, 0) is 6.42 Å². The summed E-state index contributed by atoms with van der Waals surface area (Å²) in [5.41, 5.74) is 0.797. The Labute approximate surface area is 147 Å². The van der Waals surface area contributed by atoms with Crippen LogP contribution in [-0.4, -0.2) is 43.4 Å². The number of benzene rings is 1. The Hall–Kier alpha value is -1.06. The molecule has 0 saturated heterocycles. The van der Waals surface area contributed by atoms with Gasteiger partial charge in [-0.2, -0.15) is 0 Å². The van der Waals surface area contributed by atoms with E-state index in [0.29, 0.717) is 17.8 Å². The number of rotatable bonds is 6. The van der Waals surface area contributed by atoms with Gasteiger partial charge in [0.05, 0.1) is 12.7 Å². The van der Waals surface area contributed by atoms with Crippen molar-refractivity contribution in [3.05, 3.63) is 29.8 Å². The van der Waals surface area contributed by atoms with Gasteiger partial charge in [-0.3, -0.25) is 0 Å². The molecule has 2 aliphatic carbocycles. The van der Waals surface area contributed by atoms with E-state index in [4.69, 9.17) is 4.74 Å². The van der Waals surface area contributed by atoms with Gasteiger partial charge < -0.3 is 14.7 Å². The summed E-state index contributed by atoms with van der Waals surface area (Å²) in [5, 5.41) is 11.9. The third-order valence-electron chi connectivity index (χ3n) is 6.38. The van der Waals surface area contributed by atoms with Crippen molar-refractivity contribution < 1.29 is 9.84 Å². The fourth-order valence-corrected chi connectivity index (χ4v) is 5.28. The van der Waals surface area contributed by atoms with E-state index in [1.807, 2.05) is 6.07 Å². The van der Waals surface area contributed by atoms with Crippen molar-refractivity contribution in [1.82, 2.24) is 4.90 Å². The number of ether oxygens (including phenoxy) is 1. The molecule has 2 saturated carbocycles. The summed E-state index contributed by atoms with van der Waals surface area (Å²) >= 11 is 0. The third-order valence-corrected chi connectivity index (χ3v) is 6.38. The Bertz CT molecular complexity index is 538. The van der Waals surface area contributed by atoms with Gasteiger partial charge in [0.15, 0.2) is 0 Å². The first kappa shape index (κ1) is 17.8. The first-order valence-corrected chi connectivity index (χ1v) is 9.54. The minimum absolute atomic E-state index is 0.373. The quantitative estimate of drug-likeness (QED) is 0.862. The molecule has 0 aromatic heterocycles. The van der Waals surface area contributed by atoms with Crippen LogP contribution in [0.3, 0.4) is 0 Å². The smallest absolute Gasteiger partial charge is 0.119 e. The molecule has 1 N–H and O–H groups in total. The molecule has 3 rings (SSSR count). The van der Waals surface area contributed by atoms with Gasteiger partial charge >= 0.3 is 0 Å². The average Bonchev–Trinajstić information content (AvgIpc) is 3.19. The molecule has 2 fully saturated rings. The molecule has 24 heavy (non-hydrogen) atoms. The van der Waals surface area contributed by atoms with Crippen LogP contribution in [0.5, 0.6) is 5.75 Å². The van der Waals surface area contributed by atoms with Gasteiger partial charge in [-0.25, -0.2) is 0 Å². The van der Waals surface area contributed by atoms with Gasteiger partial charge in [-0.1, -0.05) is 25.0 Å². The lowest BCUT2D eigenvalue weighted by Crippen LogP contribution is -2.49. The second-order valence-corrected chi connectivity index (χ2v) is 8.16. The summed E-state index contributed by atoms with van der Waals surface area (Å²) < 4.78 is 5.38. The first-order valence-electron chi connectivity index (χ1n) is 9.54. The summed E-state index contributed by atoms with van der Waals surface area (Å²) in [6.45, 7) is 1.00. The van der Waals surface area contributed by atoms with Crippen LogP contribution in [0.25, 0.3) is 0 Å². The molecule has 1 aromatic carbocycles. The Balaban J connectivity index is 1.82. The van der Waals surface area contributed by atoms with E-state index >= 15 is 0 Å². The highest BCUT2D eigenvalue weighted by atomic mass is 16.5. The molecule has 0 aliphatic heterocycles. The zero-order valence-electron chi connectivity index (χ0n) is 15.5. The lowest BCUT2D eigenvalue weighted by molar-refractivity contribution is -0.0893. The normalized spacial score (nSPS) is 31.0. The predicted molar refractivity (Wildman–Crippen MR) is 98.4 cm³/mol. The summed E-state index contributed by atoms with van der Waals surface area (Å²) in [7, 11) is 5.98. The second-order valence-electron chi connectivity index (χ2n) is 8.16. The van der Waals surface area contributed by atoms with Crippen molar-refractivity contribution in [1.29, 1.82) is 0 Å². The van der Waals surface area contributed by atoms with Crippen LogP contribution < -0.4 is 4.74 Å². The molecule has 0 bridgehead atoms.